The van der Waals surface area contributed by atoms with E-state index in [0.717, 1.165) is 6.42 Å². The third kappa shape index (κ3) is 11.0. The molecule has 0 atom stereocenters. The smallest absolute Gasteiger partial charge is 0.394 e. The average molecular weight is 248 g/mol. The van der Waals surface area contributed by atoms with Gasteiger partial charge in [0.2, 0.25) is 0 Å². The summed E-state index contributed by atoms with van der Waals surface area (Å²) in [6.45, 7) is 2.18. The summed E-state index contributed by atoms with van der Waals surface area (Å²) in [6.07, 6.45) is 3.57. The maximum atomic E-state index is 8.98. The minimum Gasteiger partial charge on any atom is -0.508 e. The summed E-state index contributed by atoms with van der Waals surface area (Å²) in [5, 5.41) is 8.98. The van der Waals surface area contributed by atoms with Crippen LogP contribution in [0, 0.1) is 0 Å². The summed E-state index contributed by atoms with van der Waals surface area (Å²) in [6, 6.07) is 7.44. The lowest BCUT2D eigenvalue weighted by Crippen LogP contribution is -1.89. The number of phenolic OH excluding ortho intramolecular Hbond substituents is 1. The molecule has 0 amide bonds. The summed E-state index contributed by atoms with van der Waals surface area (Å²) in [5.41, 5.74) is 1.31. The molecule has 0 fully saturated rings. The van der Waals surface area contributed by atoms with Crippen molar-refractivity contribution in [3.05, 3.63) is 29.8 Å². The van der Waals surface area contributed by atoms with Crippen LogP contribution in [-0.4, -0.2) is 22.6 Å². The monoisotopic (exact) mass is 248 g/mol. The van der Waals surface area contributed by atoms with Crippen molar-refractivity contribution in [2.24, 2.45) is 0 Å². The molecule has 1 aromatic rings. The second-order valence-corrected chi connectivity index (χ2v) is 4.11. The number of phenols is 1. The SMILES string of the molecule is CCCCc1ccc(O)cc1.O=S(=O)(O)O. The van der Waals surface area contributed by atoms with E-state index >= 15 is 0 Å². The number of hydrogen-bond donors (Lipinski definition) is 3. The van der Waals surface area contributed by atoms with Gasteiger partial charge in [-0.05, 0) is 30.5 Å². The first-order valence-corrected chi connectivity index (χ1v) is 6.20. The molecule has 0 radical (unpaired) electrons. The lowest BCUT2D eigenvalue weighted by Gasteiger charge is -1.98. The highest BCUT2D eigenvalue weighted by Crippen LogP contribution is 2.11. The maximum absolute atomic E-state index is 8.98. The molecule has 0 bridgehead atoms. The molecule has 3 N–H and O–H groups in total. The molecule has 16 heavy (non-hydrogen) atoms. The van der Waals surface area contributed by atoms with Crippen LogP contribution in [0.1, 0.15) is 25.3 Å². The minimum atomic E-state index is -4.67. The Bertz CT molecular complexity index is 374. The minimum absolute atomic E-state index is 0.352. The normalized spacial score (nSPS) is 10.4. The number of hydrogen-bond acceptors (Lipinski definition) is 3. The molecule has 6 heteroatoms. The first-order valence-electron chi connectivity index (χ1n) is 4.80. The van der Waals surface area contributed by atoms with Gasteiger partial charge in [0.1, 0.15) is 5.75 Å². The van der Waals surface area contributed by atoms with E-state index in [9.17, 15) is 0 Å². The number of benzene rings is 1. The van der Waals surface area contributed by atoms with Crippen molar-refractivity contribution >= 4 is 10.4 Å². The van der Waals surface area contributed by atoms with Crippen molar-refractivity contribution in [2.45, 2.75) is 26.2 Å². The summed E-state index contributed by atoms with van der Waals surface area (Å²) in [7, 11) is -4.67. The fraction of sp³-hybridized carbons (Fsp3) is 0.400. The van der Waals surface area contributed by atoms with E-state index < -0.39 is 10.4 Å². The third-order valence-electron chi connectivity index (χ3n) is 1.76. The van der Waals surface area contributed by atoms with E-state index in [2.05, 4.69) is 6.92 Å². The molecule has 0 unspecified atom stereocenters. The van der Waals surface area contributed by atoms with Crippen LogP contribution in [0.25, 0.3) is 0 Å². The molecule has 0 saturated carbocycles. The Labute approximate surface area is 95.3 Å². The Balaban J connectivity index is 0.000000385. The van der Waals surface area contributed by atoms with Crippen molar-refractivity contribution in [1.82, 2.24) is 0 Å². The second-order valence-electron chi connectivity index (χ2n) is 3.22. The van der Waals surface area contributed by atoms with Gasteiger partial charge in [0.25, 0.3) is 0 Å². The first kappa shape index (κ1) is 14.9. The van der Waals surface area contributed by atoms with Crippen molar-refractivity contribution in [3.8, 4) is 5.75 Å². The van der Waals surface area contributed by atoms with Gasteiger partial charge in [0.05, 0.1) is 0 Å². The van der Waals surface area contributed by atoms with Gasteiger partial charge < -0.3 is 5.11 Å². The Hall–Kier alpha value is -1.11. The molecule has 1 aromatic carbocycles. The van der Waals surface area contributed by atoms with Gasteiger partial charge in [0.15, 0.2) is 0 Å². The quantitative estimate of drug-likeness (QED) is 0.712. The van der Waals surface area contributed by atoms with E-state index in [1.54, 1.807) is 12.1 Å². The molecule has 1 rings (SSSR count). The van der Waals surface area contributed by atoms with Crippen LogP contribution < -0.4 is 0 Å². The van der Waals surface area contributed by atoms with Gasteiger partial charge >= 0.3 is 10.4 Å². The Morgan fingerprint density at radius 3 is 1.94 bits per heavy atom. The second kappa shape index (κ2) is 7.21. The zero-order chi connectivity index (χ0) is 12.6. The van der Waals surface area contributed by atoms with Gasteiger partial charge in [-0.2, -0.15) is 8.42 Å². The Morgan fingerprint density at radius 2 is 1.56 bits per heavy atom. The number of rotatable bonds is 3. The topological polar surface area (TPSA) is 94.8 Å². The molecule has 0 spiro atoms. The molecule has 0 aliphatic heterocycles. The van der Waals surface area contributed by atoms with Gasteiger partial charge in [-0.25, -0.2) is 0 Å². The van der Waals surface area contributed by atoms with E-state index in [1.165, 1.54) is 18.4 Å². The third-order valence-corrected chi connectivity index (χ3v) is 1.76. The van der Waals surface area contributed by atoms with E-state index in [-0.39, 0.29) is 0 Å². The molecule has 0 heterocycles. The van der Waals surface area contributed by atoms with Crippen molar-refractivity contribution in [2.75, 3.05) is 0 Å². The molecule has 0 aliphatic rings. The molecule has 5 nitrogen and oxygen atoms in total. The highest BCUT2D eigenvalue weighted by atomic mass is 32.3. The van der Waals surface area contributed by atoms with E-state index in [1.807, 2.05) is 12.1 Å². The van der Waals surface area contributed by atoms with Crippen molar-refractivity contribution < 1.29 is 22.6 Å². The zero-order valence-corrected chi connectivity index (χ0v) is 9.81. The average Bonchev–Trinajstić information content (AvgIpc) is 2.14. The standard InChI is InChI=1S/C10H14O.H2O4S/c1-2-3-4-9-5-7-10(11)8-6-9;1-5(2,3)4/h5-8,11H,2-4H2,1H3;(H2,1,2,3,4). The van der Waals surface area contributed by atoms with Crippen LogP contribution in [-0.2, 0) is 16.8 Å². The van der Waals surface area contributed by atoms with Gasteiger partial charge in [-0.3, -0.25) is 9.11 Å². The lowest BCUT2D eigenvalue weighted by atomic mass is 10.1. The summed E-state index contributed by atoms with van der Waals surface area (Å²) in [4.78, 5) is 0. The molecular formula is C10H16O5S. The molecule has 0 saturated heterocycles. The number of unbranched alkanes of at least 4 members (excludes halogenated alkanes) is 1. The lowest BCUT2D eigenvalue weighted by molar-refractivity contribution is 0.381. The van der Waals surface area contributed by atoms with Crippen molar-refractivity contribution in [3.63, 3.8) is 0 Å². The molecule has 0 aromatic heterocycles. The van der Waals surface area contributed by atoms with Crippen LogP contribution in [0.4, 0.5) is 0 Å². The van der Waals surface area contributed by atoms with Crippen LogP contribution in [0.3, 0.4) is 0 Å². The van der Waals surface area contributed by atoms with Crippen LogP contribution in [0.15, 0.2) is 24.3 Å². The van der Waals surface area contributed by atoms with Crippen LogP contribution in [0.2, 0.25) is 0 Å². The molecule has 0 aliphatic carbocycles. The predicted octanol–water partition coefficient (Wildman–Crippen LogP) is 2.08. The molecular weight excluding hydrogens is 232 g/mol. The van der Waals surface area contributed by atoms with E-state index in [4.69, 9.17) is 22.6 Å². The maximum Gasteiger partial charge on any atom is 0.394 e. The van der Waals surface area contributed by atoms with Gasteiger partial charge in [-0.15, -0.1) is 0 Å². The van der Waals surface area contributed by atoms with Crippen molar-refractivity contribution in [1.29, 1.82) is 0 Å². The summed E-state index contributed by atoms with van der Waals surface area (Å²) < 4.78 is 31.6. The van der Waals surface area contributed by atoms with Gasteiger partial charge in [0, 0.05) is 0 Å². The Kier molecular flexibility index (Phi) is 6.71. The fourth-order valence-corrected chi connectivity index (χ4v) is 1.04. The number of aromatic hydroxyl groups is 1. The molecule has 92 valence electrons. The van der Waals surface area contributed by atoms with Crippen LogP contribution >= 0.6 is 0 Å². The zero-order valence-electron chi connectivity index (χ0n) is 9.00. The highest BCUT2D eigenvalue weighted by Gasteiger charge is 1.91. The summed E-state index contributed by atoms with van der Waals surface area (Å²) in [5.74, 6) is 0.352. The van der Waals surface area contributed by atoms with Gasteiger partial charge in [-0.1, -0.05) is 25.5 Å². The largest absolute Gasteiger partial charge is 0.508 e. The number of aryl methyl sites for hydroxylation is 1. The van der Waals surface area contributed by atoms with Crippen LogP contribution in [0.5, 0.6) is 5.75 Å². The first-order chi connectivity index (χ1) is 7.33. The highest BCUT2D eigenvalue weighted by molar-refractivity contribution is 7.79. The van der Waals surface area contributed by atoms with E-state index in [0.29, 0.717) is 5.75 Å². The predicted molar refractivity (Wildman–Crippen MR) is 60.9 cm³/mol. The summed E-state index contributed by atoms with van der Waals surface area (Å²) >= 11 is 0. The fourth-order valence-electron chi connectivity index (χ4n) is 1.04. The Morgan fingerprint density at radius 1 is 1.12 bits per heavy atom.